The van der Waals surface area contributed by atoms with Crippen LogP contribution in [0.2, 0.25) is 5.02 Å². The van der Waals surface area contributed by atoms with Crippen LogP contribution in [0.3, 0.4) is 0 Å². The topological polar surface area (TPSA) is 50.9 Å². The van der Waals surface area contributed by atoms with Gasteiger partial charge in [0.15, 0.2) is 0 Å². The molecule has 3 rings (SSSR count). The van der Waals surface area contributed by atoms with Gasteiger partial charge in [0.2, 0.25) is 0 Å². The molecule has 1 aromatic heterocycles. The van der Waals surface area contributed by atoms with E-state index in [-0.39, 0.29) is 5.54 Å². The van der Waals surface area contributed by atoms with Crippen molar-refractivity contribution in [3.05, 3.63) is 35.5 Å². The van der Waals surface area contributed by atoms with Gasteiger partial charge >= 0.3 is 0 Å². The Morgan fingerprint density at radius 1 is 1.38 bits per heavy atom. The van der Waals surface area contributed by atoms with Crippen LogP contribution in [0.5, 0.6) is 0 Å². The average Bonchev–Trinajstić information content (AvgIpc) is 2.52. The predicted octanol–water partition coefficient (Wildman–Crippen LogP) is 4.21. The Morgan fingerprint density at radius 3 is 3.00 bits per heavy atom. The number of rotatable bonds is 3. The van der Waals surface area contributed by atoms with Gasteiger partial charge in [-0.1, -0.05) is 31.4 Å². The maximum absolute atomic E-state index is 6.28. The second-order valence-corrected chi connectivity index (χ2v) is 6.53. The SMILES string of the molecule is CC1CCCCC1(CN)Nc1ccc(Cl)c2cccnc12. The largest absolute Gasteiger partial charge is 0.376 e. The van der Waals surface area contributed by atoms with Crippen molar-refractivity contribution in [3.63, 3.8) is 0 Å². The third kappa shape index (κ3) is 2.60. The maximum Gasteiger partial charge on any atom is 0.0948 e. The normalized spacial score (nSPS) is 26.0. The van der Waals surface area contributed by atoms with Crippen molar-refractivity contribution in [2.75, 3.05) is 11.9 Å². The van der Waals surface area contributed by atoms with Crippen molar-refractivity contribution < 1.29 is 0 Å². The van der Waals surface area contributed by atoms with Gasteiger partial charge in [-0.2, -0.15) is 0 Å². The lowest BCUT2D eigenvalue weighted by molar-refractivity contribution is 0.236. The molecular formula is C17H22ClN3. The van der Waals surface area contributed by atoms with Crippen LogP contribution in [0.25, 0.3) is 10.9 Å². The first-order valence-electron chi connectivity index (χ1n) is 7.68. The molecule has 1 aliphatic rings. The van der Waals surface area contributed by atoms with Gasteiger partial charge in [0.1, 0.15) is 0 Å². The Balaban J connectivity index is 2.03. The molecule has 4 heteroatoms. The Labute approximate surface area is 130 Å². The zero-order valence-corrected chi connectivity index (χ0v) is 13.2. The summed E-state index contributed by atoms with van der Waals surface area (Å²) in [6.45, 7) is 2.94. The summed E-state index contributed by atoms with van der Waals surface area (Å²) < 4.78 is 0. The molecule has 0 radical (unpaired) electrons. The first-order valence-corrected chi connectivity index (χ1v) is 8.05. The minimum absolute atomic E-state index is 0.0312. The summed E-state index contributed by atoms with van der Waals surface area (Å²) in [5.74, 6) is 0.561. The van der Waals surface area contributed by atoms with Crippen molar-refractivity contribution >= 4 is 28.2 Å². The van der Waals surface area contributed by atoms with Crippen LogP contribution in [0.15, 0.2) is 30.5 Å². The molecule has 2 atom stereocenters. The third-order valence-corrected chi connectivity index (χ3v) is 5.25. The van der Waals surface area contributed by atoms with Gasteiger partial charge in [-0.25, -0.2) is 0 Å². The van der Waals surface area contributed by atoms with E-state index in [2.05, 4.69) is 17.2 Å². The third-order valence-electron chi connectivity index (χ3n) is 4.92. The van der Waals surface area contributed by atoms with E-state index in [0.717, 1.165) is 28.0 Å². The molecular weight excluding hydrogens is 282 g/mol. The number of aromatic nitrogens is 1. The van der Waals surface area contributed by atoms with E-state index >= 15 is 0 Å². The van der Waals surface area contributed by atoms with Crippen molar-refractivity contribution in [1.82, 2.24) is 4.98 Å². The Bertz CT molecular complexity index is 643. The summed E-state index contributed by atoms with van der Waals surface area (Å²) in [6.07, 6.45) is 6.67. The molecule has 112 valence electrons. The van der Waals surface area contributed by atoms with Gasteiger partial charge in [0.25, 0.3) is 0 Å². The number of hydrogen-bond acceptors (Lipinski definition) is 3. The summed E-state index contributed by atoms with van der Waals surface area (Å²) in [5, 5.41) is 5.44. The fourth-order valence-electron chi connectivity index (χ4n) is 3.46. The van der Waals surface area contributed by atoms with Gasteiger partial charge in [0.05, 0.1) is 21.8 Å². The molecule has 0 bridgehead atoms. The van der Waals surface area contributed by atoms with Gasteiger partial charge in [-0.15, -0.1) is 0 Å². The lowest BCUT2D eigenvalue weighted by Gasteiger charge is -2.43. The van der Waals surface area contributed by atoms with Crippen molar-refractivity contribution in [2.24, 2.45) is 11.7 Å². The number of nitrogens with zero attached hydrogens (tertiary/aromatic N) is 1. The Morgan fingerprint density at radius 2 is 2.24 bits per heavy atom. The second kappa shape index (κ2) is 5.82. The quantitative estimate of drug-likeness (QED) is 0.893. The minimum Gasteiger partial charge on any atom is -0.376 e. The fourth-order valence-corrected chi connectivity index (χ4v) is 3.68. The van der Waals surface area contributed by atoms with Crippen LogP contribution in [0.1, 0.15) is 32.6 Å². The summed E-state index contributed by atoms with van der Waals surface area (Å²) in [4.78, 5) is 4.51. The number of pyridine rings is 1. The molecule has 1 aliphatic carbocycles. The second-order valence-electron chi connectivity index (χ2n) is 6.13. The highest BCUT2D eigenvalue weighted by Crippen LogP contribution is 2.38. The van der Waals surface area contributed by atoms with E-state index in [0.29, 0.717) is 12.5 Å². The first-order chi connectivity index (χ1) is 10.2. The van der Waals surface area contributed by atoms with E-state index in [4.69, 9.17) is 17.3 Å². The van der Waals surface area contributed by atoms with E-state index in [9.17, 15) is 0 Å². The van der Waals surface area contributed by atoms with E-state index in [1.54, 1.807) is 0 Å². The molecule has 0 saturated heterocycles. The Hall–Kier alpha value is -1.32. The molecule has 1 aromatic carbocycles. The van der Waals surface area contributed by atoms with Crippen LogP contribution in [-0.4, -0.2) is 17.1 Å². The first kappa shape index (κ1) is 14.6. The lowest BCUT2D eigenvalue weighted by atomic mass is 9.73. The molecule has 0 aliphatic heterocycles. The summed E-state index contributed by atoms with van der Waals surface area (Å²) in [6, 6.07) is 7.89. The summed E-state index contributed by atoms with van der Waals surface area (Å²) >= 11 is 6.28. The molecule has 2 unspecified atom stereocenters. The van der Waals surface area contributed by atoms with Crippen LogP contribution < -0.4 is 11.1 Å². The highest BCUT2D eigenvalue weighted by Gasteiger charge is 2.37. The molecule has 2 aromatic rings. The van der Waals surface area contributed by atoms with E-state index < -0.39 is 0 Å². The number of fused-ring (bicyclic) bond motifs is 1. The molecule has 21 heavy (non-hydrogen) atoms. The molecule has 0 spiro atoms. The number of nitrogens with one attached hydrogen (secondary N) is 1. The molecule has 1 saturated carbocycles. The van der Waals surface area contributed by atoms with Crippen LogP contribution in [0, 0.1) is 5.92 Å². The highest BCUT2D eigenvalue weighted by molar-refractivity contribution is 6.35. The molecule has 0 amide bonds. The van der Waals surface area contributed by atoms with Crippen LogP contribution in [-0.2, 0) is 0 Å². The smallest absolute Gasteiger partial charge is 0.0948 e. The standard InChI is InChI=1S/C17H22ClN3/c1-12-5-2-3-9-17(12,11-19)21-15-8-7-14(18)13-6-4-10-20-16(13)15/h4,6-8,10,12,21H,2-3,5,9,11,19H2,1H3. The van der Waals surface area contributed by atoms with E-state index in [1.165, 1.54) is 19.3 Å². The van der Waals surface area contributed by atoms with Crippen LogP contribution in [0.4, 0.5) is 5.69 Å². The number of anilines is 1. The summed E-state index contributed by atoms with van der Waals surface area (Å²) in [7, 11) is 0. The number of nitrogens with two attached hydrogens (primary N) is 1. The van der Waals surface area contributed by atoms with E-state index in [1.807, 2.05) is 30.5 Å². The number of hydrogen-bond donors (Lipinski definition) is 2. The fraction of sp³-hybridized carbons (Fsp3) is 0.471. The number of halogens is 1. The average molecular weight is 304 g/mol. The monoisotopic (exact) mass is 303 g/mol. The highest BCUT2D eigenvalue weighted by atomic mass is 35.5. The molecule has 3 N–H and O–H groups in total. The van der Waals surface area contributed by atoms with Crippen molar-refractivity contribution in [3.8, 4) is 0 Å². The zero-order valence-electron chi connectivity index (χ0n) is 12.4. The van der Waals surface area contributed by atoms with Gasteiger partial charge < -0.3 is 11.1 Å². The van der Waals surface area contributed by atoms with Gasteiger partial charge in [0, 0.05) is 18.1 Å². The van der Waals surface area contributed by atoms with Crippen molar-refractivity contribution in [1.29, 1.82) is 0 Å². The zero-order chi connectivity index (χ0) is 14.9. The molecule has 1 fully saturated rings. The number of benzene rings is 1. The molecule has 1 heterocycles. The van der Waals surface area contributed by atoms with Gasteiger partial charge in [-0.3, -0.25) is 4.98 Å². The van der Waals surface area contributed by atoms with Crippen LogP contribution >= 0.6 is 11.6 Å². The van der Waals surface area contributed by atoms with Gasteiger partial charge in [-0.05, 0) is 43.0 Å². The predicted molar refractivity (Wildman–Crippen MR) is 89.8 cm³/mol. The van der Waals surface area contributed by atoms with Crippen molar-refractivity contribution in [2.45, 2.75) is 38.1 Å². The minimum atomic E-state index is -0.0312. The Kier molecular flexibility index (Phi) is 4.05. The summed E-state index contributed by atoms with van der Waals surface area (Å²) in [5.41, 5.74) is 8.07. The maximum atomic E-state index is 6.28. The lowest BCUT2D eigenvalue weighted by Crippen LogP contribution is -2.52. The molecule has 3 nitrogen and oxygen atoms in total.